The first-order valence-electron chi connectivity index (χ1n) is 2.58. The maximum atomic E-state index is 5.21. The van der Waals surface area contributed by atoms with Crippen LogP contribution in [0.3, 0.4) is 0 Å². The molecule has 1 aliphatic rings. The van der Waals surface area contributed by atoms with Gasteiger partial charge in [0.25, 0.3) is 0 Å². The number of hydrogen-bond acceptors (Lipinski definition) is 1. The van der Waals surface area contributed by atoms with Gasteiger partial charge >= 0.3 is 23.1 Å². The molecule has 0 N–H and O–H groups in total. The SMILES string of the molecule is C1CC[SiH2]OC1.[H-].[H-].[Mg+2]. The fourth-order valence-electron chi connectivity index (χ4n) is 0.687. The second kappa shape index (κ2) is 5.09. The first-order valence-corrected chi connectivity index (χ1v) is 4.15. The standard InChI is InChI=1S/C4H10OSi.Mg.2H/c1-2-4-6-5-3-1;;;/h1-4,6H2;;;/q;+2;2*-1. The van der Waals surface area contributed by atoms with Crippen LogP contribution in [0.15, 0.2) is 0 Å². The average molecular weight is 129 g/mol. The fraction of sp³-hybridized carbons (Fsp3) is 1.00. The summed E-state index contributed by atoms with van der Waals surface area (Å²) in [4.78, 5) is 0. The van der Waals surface area contributed by atoms with Crippen molar-refractivity contribution in [1.29, 1.82) is 0 Å². The molecule has 0 spiro atoms. The second-order valence-electron chi connectivity index (χ2n) is 1.67. The van der Waals surface area contributed by atoms with Crippen molar-refractivity contribution in [1.82, 2.24) is 0 Å². The predicted octanol–water partition coefficient (Wildman–Crippen LogP) is 0.143. The van der Waals surface area contributed by atoms with Crippen molar-refractivity contribution < 1.29 is 7.28 Å². The van der Waals surface area contributed by atoms with Crippen LogP contribution in [-0.2, 0) is 4.43 Å². The molecule has 0 aromatic heterocycles. The molecular weight excluding hydrogens is 116 g/mol. The summed E-state index contributed by atoms with van der Waals surface area (Å²) in [6.07, 6.45) is 2.75. The van der Waals surface area contributed by atoms with Crippen LogP contribution in [0.1, 0.15) is 15.7 Å². The zero-order chi connectivity index (χ0) is 4.24. The minimum absolute atomic E-state index is 0. The van der Waals surface area contributed by atoms with Crippen LogP contribution >= 0.6 is 0 Å². The Bertz CT molecular complexity index is 34.0. The van der Waals surface area contributed by atoms with Crippen LogP contribution in [0.2, 0.25) is 6.04 Å². The van der Waals surface area contributed by atoms with E-state index in [1.54, 1.807) is 0 Å². The van der Waals surface area contributed by atoms with Crippen LogP contribution < -0.4 is 0 Å². The molecule has 1 aliphatic heterocycles. The molecule has 0 aromatic rings. The Morgan fingerprint density at radius 3 is 2.43 bits per heavy atom. The molecule has 3 heteroatoms. The Morgan fingerprint density at radius 2 is 2.29 bits per heavy atom. The third-order valence-electron chi connectivity index (χ3n) is 1.08. The van der Waals surface area contributed by atoms with Gasteiger partial charge in [-0.05, 0) is 12.5 Å². The quantitative estimate of drug-likeness (QED) is 0.422. The monoisotopic (exact) mass is 128 g/mol. The van der Waals surface area contributed by atoms with Gasteiger partial charge < -0.3 is 7.28 Å². The van der Waals surface area contributed by atoms with Gasteiger partial charge in [0.15, 0.2) is 9.76 Å². The van der Waals surface area contributed by atoms with Gasteiger partial charge in [0.1, 0.15) is 0 Å². The fourth-order valence-corrected chi connectivity index (χ4v) is 1.86. The van der Waals surface area contributed by atoms with Crippen LogP contribution in [0.25, 0.3) is 0 Å². The Balaban J connectivity index is -0.000000120. The Morgan fingerprint density at radius 1 is 1.43 bits per heavy atom. The third-order valence-corrected chi connectivity index (χ3v) is 2.44. The molecule has 0 amide bonds. The van der Waals surface area contributed by atoms with E-state index in [9.17, 15) is 0 Å². The molecule has 40 valence electrons. The van der Waals surface area contributed by atoms with E-state index in [1.807, 2.05) is 0 Å². The second-order valence-corrected chi connectivity index (χ2v) is 3.20. The summed E-state index contributed by atoms with van der Waals surface area (Å²) in [5.41, 5.74) is 0. The molecule has 0 saturated carbocycles. The summed E-state index contributed by atoms with van der Waals surface area (Å²) in [5.74, 6) is 0. The molecule has 0 radical (unpaired) electrons. The van der Waals surface area contributed by atoms with E-state index in [4.69, 9.17) is 4.43 Å². The molecule has 1 rings (SSSR count). The summed E-state index contributed by atoms with van der Waals surface area (Å²) < 4.78 is 5.21. The molecule has 1 nitrogen and oxygen atoms in total. The molecule has 0 aliphatic carbocycles. The first-order chi connectivity index (χ1) is 3.00. The average Bonchev–Trinajstić information content (AvgIpc) is 1.72. The third kappa shape index (κ3) is 3.52. The van der Waals surface area contributed by atoms with E-state index in [1.165, 1.54) is 18.9 Å². The van der Waals surface area contributed by atoms with E-state index in [2.05, 4.69) is 0 Å². The Hall–Kier alpha value is 0.943. The Labute approximate surface area is 65.9 Å². The van der Waals surface area contributed by atoms with Crippen molar-refractivity contribution >= 4 is 32.8 Å². The van der Waals surface area contributed by atoms with Gasteiger partial charge in [-0.25, -0.2) is 0 Å². The van der Waals surface area contributed by atoms with E-state index < -0.39 is 0 Å². The maximum absolute atomic E-state index is 5.21. The maximum Gasteiger partial charge on any atom is 2.00 e. The van der Waals surface area contributed by atoms with Crippen molar-refractivity contribution in [3.8, 4) is 0 Å². The summed E-state index contributed by atoms with van der Waals surface area (Å²) >= 11 is 0. The largest absolute Gasteiger partial charge is 2.00 e. The van der Waals surface area contributed by atoms with E-state index in [0.717, 1.165) is 6.61 Å². The first kappa shape index (κ1) is 7.94. The zero-order valence-electron chi connectivity index (χ0n) is 6.65. The topological polar surface area (TPSA) is 9.23 Å². The van der Waals surface area contributed by atoms with Gasteiger partial charge in [-0.1, -0.05) is 6.42 Å². The normalized spacial score (nSPS) is 24.0. The molecule has 1 heterocycles. The van der Waals surface area contributed by atoms with Crippen molar-refractivity contribution in [2.75, 3.05) is 6.61 Å². The van der Waals surface area contributed by atoms with E-state index >= 15 is 0 Å². The molecule has 0 unspecified atom stereocenters. The minimum Gasteiger partial charge on any atom is -1.00 e. The van der Waals surface area contributed by atoms with Gasteiger partial charge in [-0.15, -0.1) is 0 Å². The summed E-state index contributed by atoms with van der Waals surface area (Å²) in [7, 11) is 0.00849. The van der Waals surface area contributed by atoms with E-state index in [-0.39, 0.29) is 35.7 Å². The van der Waals surface area contributed by atoms with E-state index in [0.29, 0.717) is 0 Å². The van der Waals surface area contributed by atoms with Gasteiger partial charge in [-0.2, -0.15) is 0 Å². The van der Waals surface area contributed by atoms with Crippen molar-refractivity contribution in [3.05, 3.63) is 0 Å². The predicted molar refractivity (Wildman–Crippen MR) is 36.5 cm³/mol. The van der Waals surface area contributed by atoms with Gasteiger partial charge in [0, 0.05) is 6.61 Å². The van der Waals surface area contributed by atoms with Gasteiger partial charge in [0.05, 0.1) is 0 Å². The number of hydrogen-bond donors (Lipinski definition) is 0. The minimum atomic E-state index is 0. The molecule has 0 bridgehead atoms. The molecule has 0 atom stereocenters. The molecule has 7 heavy (non-hydrogen) atoms. The molecular formula is C4H12MgOSi. The van der Waals surface area contributed by atoms with Crippen LogP contribution in [0.4, 0.5) is 0 Å². The van der Waals surface area contributed by atoms with Crippen molar-refractivity contribution in [3.63, 3.8) is 0 Å². The van der Waals surface area contributed by atoms with Gasteiger partial charge in [-0.3, -0.25) is 0 Å². The summed E-state index contributed by atoms with van der Waals surface area (Å²) in [6, 6.07) is 1.42. The molecule has 0 aromatic carbocycles. The zero-order valence-corrected chi connectivity index (χ0v) is 7.48. The van der Waals surface area contributed by atoms with Crippen LogP contribution in [0, 0.1) is 0 Å². The van der Waals surface area contributed by atoms with Crippen molar-refractivity contribution in [2.24, 2.45) is 0 Å². The summed E-state index contributed by atoms with van der Waals surface area (Å²) in [5, 5.41) is 0. The molecule has 1 saturated heterocycles. The van der Waals surface area contributed by atoms with Crippen molar-refractivity contribution in [2.45, 2.75) is 18.9 Å². The Kier molecular flexibility index (Phi) is 5.77. The van der Waals surface area contributed by atoms with Gasteiger partial charge in [0.2, 0.25) is 0 Å². The van der Waals surface area contributed by atoms with Crippen LogP contribution in [0.5, 0.6) is 0 Å². The number of rotatable bonds is 0. The smallest absolute Gasteiger partial charge is 1.00 e. The van der Waals surface area contributed by atoms with Crippen LogP contribution in [-0.4, -0.2) is 39.4 Å². The summed E-state index contributed by atoms with van der Waals surface area (Å²) in [6.45, 7) is 1.06. The molecule has 1 fully saturated rings.